The molecule has 0 aliphatic heterocycles. The van der Waals surface area contributed by atoms with Crippen molar-refractivity contribution in [3.05, 3.63) is 58.9 Å². The van der Waals surface area contributed by atoms with Crippen LogP contribution < -0.4 is 11.3 Å². The van der Waals surface area contributed by atoms with Crippen LogP contribution in [-0.4, -0.2) is 9.97 Å². The van der Waals surface area contributed by atoms with Crippen LogP contribution in [0.25, 0.3) is 0 Å². The van der Waals surface area contributed by atoms with Crippen molar-refractivity contribution < 1.29 is 4.39 Å². The molecule has 94 valence electrons. The molecule has 1 atom stereocenters. The molecule has 0 saturated heterocycles. The fraction of sp³-hybridized carbons (Fsp3) is 0.167. The summed E-state index contributed by atoms with van der Waals surface area (Å²) in [7, 11) is 0. The van der Waals surface area contributed by atoms with Gasteiger partial charge in [0.15, 0.2) is 0 Å². The van der Waals surface area contributed by atoms with Crippen molar-refractivity contribution in [1.29, 1.82) is 0 Å². The first kappa shape index (κ1) is 12.9. The van der Waals surface area contributed by atoms with Gasteiger partial charge in [-0.25, -0.2) is 4.39 Å². The molecule has 2 rings (SSSR count). The Balaban J connectivity index is 2.26. The molecule has 0 bridgehead atoms. The molecule has 18 heavy (non-hydrogen) atoms. The Bertz CT molecular complexity index is 500. The first-order chi connectivity index (χ1) is 8.72. The van der Waals surface area contributed by atoms with Crippen molar-refractivity contribution in [3.63, 3.8) is 0 Å². The van der Waals surface area contributed by atoms with Gasteiger partial charge in [0.25, 0.3) is 0 Å². The molecule has 3 N–H and O–H groups in total. The highest BCUT2D eigenvalue weighted by molar-refractivity contribution is 6.31. The molecule has 0 saturated carbocycles. The highest BCUT2D eigenvalue weighted by Gasteiger charge is 2.16. The standard InChI is InChI=1S/C12H12ClFN4/c13-9-2-1-3-10(14)8(9)6-11(18-15)12-7-16-4-5-17-12/h1-5,7,11,18H,6,15H2. The number of halogens is 2. The lowest BCUT2D eigenvalue weighted by molar-refractivity contribution is 0.517. The Morgan fingerprint density at radius 1 is 1.39 bits per heavy atom. The fourth-order valence-electron chi connectivity index (χ4n) is 1.67. The molecule has 1 aromatic heterocycles. The fourth-order valence-corrected chi connectivity index (χ4v) is 1.91. The van der Waals surface area contributed by atoms with Crippen LogP contribution in [0.15, 0.2) is 36.8 Å². The van der Waals surface area contributed by atoms with Crippen LogP contribution in [0.3, 0.4) is 0 Å². The molecule has 6 heteroatoms. The van der Waals surface area contributed by atoms with Gasteiger partial charge in [0.2, 0.25) is 0 Å². The SMILES string of the molecule is NNC(Cc1c(F)cccc1Cl)c1cnccn1. The normalized spacial score (nSPS) is 12.4. The summed E-state index contributed by atoms with van der Waals surface area (Å²) in [6.07, 6.45) is 5.01. The van der Waals surface area contributed by atoms with Crippen LogP contribution in [0, 0.1) is 5.82 Å². The van der Waals surface area contributed by atoms with Gasteiger partial charge < -0.3 is 0 Å². The van der Waals surface area contributed by atoms with Gasteiger partial charge in [-0.1, -0.05) is 17.7 Å². The second-order valence-corrected chi connectivity index (χ2v) is 4.16. The van der Waals surface area contributed by atoms with E-state index in [9.17, 15) is 4.39 Å². The molecular formula is C12H12ClFN4. The van der Waals surface area contributed by atoms with E-state index in [2.05, 4.69) is 15.4 Å². The van der Waals surface area contributed by atoms with Crippen molar-refractivity contribution >= 4 is 11.6 Å². The minimum atomic E-state index is -0.355. The Morgan fingerprint density at radius 3 is 2.83 bits per heavy atom. The first-order valence-electron chi connectivity index (χ1n) is 5.37. The zero-order chi connectivity index (χ0) is 13.0. The second-order valence-electron chi connectivity index (χ2n) is 3.75. The summed E-state index contributed by atoms with van der Waals surface area (Å²) >= 11 is 5.97. The lowest BCUT2D eigenvalue weighted by Crippen LogP contribution is -2.30. The van der Waals surface area contributed by atoms with Gasteiger partial charge in [0.1, 0.15) is 5.82 Å². The maximum absolute atomic E-state index is 13.7. The highest BCUT2D eigenvalue weighted by atomic mass is 35.5. The van der Waals surface area contributed by atoms with E-state index in [-0.39, 0.29) is 11.9 Å². The summed E-state index contributed by atoms with van der Waals surface area (Å²) < 4.78 is 13.7. The number of benzene rings is 1. The summed E-state index contributed by atoms with van der Waals surface area (Å²) in [5.41, 5.74) is 3.64. The van der Waals surface area contributed by atoms with E-state index >= 15 is 0 Å². The topological polar surface area (TPSA) is 63.8 Å². The van der Waals surface area contributed by atoms with Gasteiger partial charge in [0.05, 0.1) is 17.9 Å². The monoisotopic (exact) mass is 266 g/mol. The number of hydrogen-bond donors (Lipinski definition) is 2. The summed E-state index contributed by atoms with van der Waals surface area (Å²) in [6, 6.07) is 4.23. The number of hydrazine groups is 1. The van der Waals surface area contributed by atoms with E-state index in [1.54, 1.807) is 30.7 Å². The average molecular weight is 267 g/mol. The molecule has 0 radical (unpaired) electrons. The van der Waals surface area contributed by atoms with Crippen molar-refractivity contribution in [2.75, 3.05) is 0 Å². The third kappa shape index (κ3) is 2.81. The molecule has 0 amide bonds. The van der Waals surface area contributed by atoms with Crippen LogP contribution in [0.1, 0.15) is 17.3 Å². The number of hydrogen-bond acceptors (Lipinski definition) is 4. The minimum absolute atomic E-state index is 0.306. The van der Waals surface area contributed by atoms with E-state index in [0.29, 0.717) is 22.7 Å². The smallest absolute Gasteiger partial charge is 0.127 e. The summed E-state index contributed by atoms with van der Waals surface area (Å²) in [5.74, 6) is 5.11. The minimum Gasteiger partial charge on any atom is -0.271 e. The zero-order valence-corrected chi connectivity index (χ0v) is 10.2. The van der Waals surface area contributed by atoms with Crippen molar-refractivity contribution in [2.24, 2.45) is 5.84 Å². The van der Waals surface area contributed by atoms with Crippen LogP contribution in [-0.2, 0) is 6.42 Å². The van der Waals surface area contributed by atoms with E-state index in [1.165, 1.54) is 6.07 Å². The Morgan fingerprint density at radius 2 is 2.22 bits per heavy atom. The number of aromatic nitrogens is 2. The molecular weight excluding hydrogens is 255 g/mol. The third-order valence-electron chi connectivity index (χ3n) is 2.61. The van der Waals surface area contributed by atoms with E-state index < -0.39 is 0 Å². The third-order valence-corrected chi connectivity index (χ3v) is 2.97. The molecule has 2 aromatic rings. The number of rotatable bonds is 4. The van der Waals surface area contributed by atoms with E-state index in [1.807, 2.05) is 0 Å². The lowest BCUT2D eigenvalue weighted by atomic mass is 10.0. The van der Waals surface area contributed by atoms with Gasteiger partial charge in [-0.15, -0.1) is 0 Å². The van der Waals surface area contributed by atoms with Crippen molar-refractivity contribution in [1.82, 2.24) is 15.4 Å². The Kier molecular flexibility index (Phi) is 4.19. The van der Waals surface area contributed by atoms with E-state index in [0.717, 1.165) is 0 Å². The molecule has 0 aliphatic carbocycles. The van der Waals surface area contributed by atoms with E-state index in [4.69, 9.17) is 17.4 Å². The molecule has 1 heterocycles. The highest BCUT2D eigenvalue weighted by Crippen LogP contribution is 2.24. The van der Waals surface area contributed by atoms with Gasteiger partial charge in [-0.2, -0.15) is 0 Å². The molecule has 1 aromatic carbocycles. The predicted octanol–water partition coefficient (Wildman–Crippen LogP) is 2.02. The van der Waals surface area contributed by atoms with Crippen LogP contribution in [0.4, 0.5) is 4.39 Å². The van der Waals surface area contributed by atoms with Gasteiger partial charge >= 0.3 is 0 Å². The Labute approximate surface area is 109 Å². The average Bonchev–Trinajstić information content (AvgIpc) is 2.40. The van der Waals surface area contributed by atoms with Crippen LogP contribution in [0.5, 0.6) is 0 Å². The van der Waals surface area contributed by atoms with Crippen molar-refractivity contribution in [3.8, 4) is 0 Å². The largest absolute Gasteiger partial charge is 0.271 e. The summed E-state index contributed by atoms with van der Waals surface area (Å²) in [5, 5.41) is 0.374. The van der Waals surface area contributed by atoms with Gasteiger partial charge in [0, 0.05) is 23.0 Å². The quantitative estimate of drug-likeness (QED) is 0.656. The van der Waals surface area contributed by atoms with Crippen molar-refractivity contribution in [2.45, 2.75) is 12.5 Å². The molecule has 0 fully saturated rings. The second kappa shape index (κ2) is 5.86. The zero-order valence-electron chi connectivity index (χ0n) is 9.48. The lowest BCUT2D eigenvalue weighted by Gasteiger charge is -2.16. The molecule has 4 nitrogen and oxygen atoms in total. The van der Waals surface area contributed by atoms with Crippen LogP contribution in [0.2, 0.25) is 5.02 Å². The van der Waals surface area contributed by atoms with Gasteiger partial charge in [-0.05, 0) is 18.6 Å². The van der Waals surface area contributed by atoms with Crippen LogP contribution >= 0.6 is 11.6 Å². The number of nitrogens with one attached hydrogen (secondary N) is 1. The number of nitrogens with two attached hydrogens (primary N) is 1. The summed E-state index contributed by atoms with van der Waals surface area (Å²) in [6.45, 7) is 0. The number of nitrogens with zero attached hydrogens (tertiary/aromatic N) is 2. The Hall–Kier alpha value is -1.56. The molecule has 0 aliphatic rings. The molecule has 0 spiro atoms. The maximum Gasteiger partial charge on any atom is 0.127 e. The molecule has 1 unspecified atom stereocenters. The van der Waals surface area contributed by atoms with Gasteiger partial charge in [-0.3, -0.25) is 21.2 Å². The predicted molar refractivity (Wildman–Crippen MR) is 67.2 cm³/mol. The first-order valence-corrected chi connectivity index (χ1v) is 5.75. The summed E-state index contributed by atoms with van der Waals surface area (Å²) in [4.78, 5) is 8.09. The maximum atomic E-state index is 13.7.